The van der Waals surface area contributed by atoms with Gasteiger partial charge in [-0.2, -0.15) is 18.2 Å². The molecule has 0 atom stereocenters. The van der Waals surface area contributed by atoms with Crippen molar-refractivity contribution >= 4 is 48.9 Å². The first-order valence-corrected chi connectivity index (χ1v) is 13.9. The molecule has 0 aliphatic carbocycles. The number of hydrogen-bond donors (Lipinski definition) is 3. The van der Waals surface area contributed by atoms with E-state index in [1.807, 2.05) is 0 Å². The molecule has 0 fully saturated rings. The Kier molecular flexibility index (Phi) is 7.64. The molecule has 3 N–H and O–H groups in total. The number of nitrogens with one attached hydrogen (secondary N) is 3. The van der Waals surface area contributed by atoms with E-state index in [9.17, 15) is 30.0 Å². The van der Waals surface area contributed by atoms with Gasteiger partial charge in [0, 0.05) is 25.5 Å². The van der Waals surface area contributed by atoms with Gasteiger partial charge < -0.3 is 10.6 Å². The molecule has 0 aliphatic rings. The van der Waals surface area contributed by atoms with E-state index in [2.05, 4.69) is 25.3 Å². The highest BCUT2D eigenvalue weighted by molar-refractivity contribution is 7.92. The number of anilines is 5. The molecular weight excluding hydrogens is 521 g/mol. The van der Waals surface area contributed by atoms with Gasteiger partial charge in [-0.3, -0.25) is 9.03 Å². The fourth-order valence-electron chi connectivity index (χ4n) is 3.11. The quantitative estimate of drug-likeness (QED) is 0.372. The normalized spacial score (nSPS) is 12.2. The molecule has 15 heteroatoms. The van der Waals surface area contributed by atoms with Gasteiger partial charge in [-0.25, -0.2) is 21.8 Å². The fraction of sp³-hybridized carbons (Fsp3) is 0.238. The second-order valence-electron chi connectivity index (χ2n) is 7.75. The van der Waals surface area contributed by atoms with Crippen molar-refractivity contribution in [3.63, 3.8) is 0 Å². The van der Waals surface area contributed by atoms with E-state index in [1.54, 1.807) is 24.3 Å². The van der Waals surface area contributed by atoms with Gasteiger partial charge in [0.1, 0.15) is 11.4 Å². The summed E-state index contributed by atoms with van der Waals surface area (Å²) in [5.41, 5.74) is 0.165. The van der Waals surface area contributed by atoms with Crippen LogP contribution in [0.25, 0.3) is 0 Å². The van der Waals surface area contributed by atoms with Gasteiger partial charge in [0.2, 0.25) is 26.0 Å². The molecule has 3 rings (SSSR count). The molecule has 0 unspecified atom stereocenters. The number of alkyl halides is 3. The molecular formula is C21H23F3N6O4S2. The lowest BCUT2D eigenvalue weighted by Crippen LogP contribution is -2.26. The summed E-state index contributed by atoms with van der Waals surface area (Å²) in [5, 5.41) is 5.37. The van der Waals surface area contributed by atoms with Gasteiger partial charge in [-0.05, 0) is 29.8 Å². The summed E-state index contributed by atoms with van der Waals surface area (Å²) in [4.78, 5) is 7.68. The number of nitrogens with zero attached hydrogens (tertiary/aromatic N) is 3. The zero-order valence-corrected chi connectivity index (χ0v) is 21.0. The maximum absolute atomic E-state index is 13.6. The zero-order chi connectivity index (χ0) is 26.7. The lowest BCUT2D eigenvalue weighted by atomic mass is 10.1. The summed E-state index contributed by atoms with van der Waals surface area (Å²) < 4.78 is 91.0. The van der Waals surface area contributed by atoms with E-state index >= 15 is 0 Å². The average Bonchev–Trinajstić information content (AvgIpc) is 2.75. The first-order valence-electron chi connectivity index (χ1n) is 10.2. The lowest BCUT2D eigenvalue weighted by Gasteiger charge is -2.21. The van der Waals surface area contributed by atoms with Gasteiger partial charge in [-0.15, -0.1) is 0 Å². The van der Waals surface area contributed by atoms with E-state index in [1.165, 1.54) is 31.3 Å². The Hall–Kier alpha value is -3.59. The van der Waals surface area contributed by atoms with Crippen molar-refractivity contribution in [2.75, 3.05) is 39.2 Å². The minimum absolute atomic E-state index is 0.163. The fourth-order valence-corrected chi connectivity index (χ4v) is 4.20. The van der Waals surface area contributed by atoms with Crippen molar-refractivity contribution in [2.24, 2.45) is 0 Å². The smallest absolute Gasteiger partial charge is 0.365 e. The lowest BCUT2D eigenvalue weighted by molar-refractivity contribution is -0.137. The monoisotopic (exact) mass is 544 g/mol. The van der Waals surface area contributed by atoms with E-state index < -0.39 is 37.6 Å². The molecule has 194 valence electrons. The molecule has 0 saturated carbocycles. The van der Waals surface area contributed by atoms with Gasteiger partial charge in [0.25, 0.3) is 0 Å². The van der Waals surface area contributed by atoms with Crippen molar-refractivity contribution in [2.45, 2.75) is 12.7 Å². The maximum atomic E-state index is 13.6. The van der Waals surface area contributed by atoms with Crippen LogP contribution in [0.5, 0.6) is 0 Å². The summed E-state index contributed by atoms with van der Waals surface area (Å²) in [5.74, 6) is -0.703. The van der Waals surface area contributed by atoms with Crippen LogP contribution in [0.1, 0.15) is 11.1 Å². The third-order valence-corrected chi connectivity index (χ3v) is 6.59. The second-order valence-corrected chi connectivity index (χ2v) is 11.5. The summed E-state index contributed by atoms with van der Waals surface area (Å²) in [6.45, 7) is -0.163. The second kappa shape index (κ2) is 10.2. The molecule has 1 heterocycles. The summed E-state index contributed by atoms with van der Waals surface area (Å²) in [7, 11) is -5.79. The van der Waals surface area contributed by atoms with Crippen LogP contribution in [0.4, 0.5) is 42.0 Å². The molecule has 2 aromatic carbocycles. The first-order chi connectivity index (χ1) is 16.6. The highest BCUT2D eigenvalue weighted by Crippen LogP contribution is 2.35. The van der Waals surface area contributed by atoms with Crippen LogP contribution in [0.15, 0.2) is 54.7 Å². The predicted molar refractivity (Wildman–Crippen MR) is 132 cm³/mol. The molecule has 3 aromatic rings. The van der Waals surface area contributed by atoms with Gasteiger partial charge in [0.15, 0.2) is 0 Å². The van der Waals surface area contributed by atoms with Crippen LogP contribution < -0.4 is 19.7 Å². The number of halogens is 3. The van der Waals surface area contributed by atoms with Gasteiger partial charge >= 0.3 is 6.18 Å². The number of hydrogen-bond acceptors (Lipinski definition) is 8. The number of para-hydroxylation sites is 1. The largest absolute Gasteiger partial charge is 0.421 e. The number of rotatable bonds is 9. The van der Waals surface area contributed by atoms with Gasteiger partial charge in [0.05, 0.1) is 23.9 Å². The van der Waals surface area contributed by atoms with Crippen LogP contribution in [-0.4, -0.2) is 46.4 Å². The van der Waals surface area contributed by atoms with Crippen LogP contribution >= 0.6 is 0 Å². The van der Waals surface area contributed by atoms with Gasteiger partial charge in [-0.1, -0.05) is 24.3 Å². The molecule has 0 aliphatic heterocycles. The van der Waals surface area contributed by atoms with Crippen LogP contribution in [-0.2, 0) is 32.8 Å². The molecule has 36 heavy (non-hydrogen) atoms. The van der Waals surface area contributed by atoms with Crippen molar-refractivity contribution in [1.29, 1.82) is 0 Å². The van der Waals surface area contributed by atoms with Crippen molar-refractivity contribution in [1.82, 2.24) is 9.97 Å². The van der Waals surface area contributed by atoms with Crippen LogP contribution in [0.3, 0.4) is 0 Å². The first kappa shape index (κ1) is 27.0. The Labute approximate surface area is 206 Å². The van der Waals surface area contributed by atoms with Crippen molar-refractivity contribution in [3.05, 3.63) is 65.9 Å². The summed E-state index contributed by atoms with van der Waals surface area (Å²) in [6.07, 6.45) is -2.15. The number of sulfonamides is 2. The molecule has 1 aromatic heterocycles. The highest BCUT2D eigenvalue weighted by atomic mass is 32.2. The van der Waals surface area contributed by atoms with Crippen molar-refractivity contribution in [3.8, 4) is 0 Å². The van der Waals surface area contributed by atoms with E-state index in [0.29, 0.717) is 23.1 Å². The molecule has 0 radical (unpaired) electrons. The van der Waals surface area contributed by atoms with Crippen LogP contribution in [0.2, 0.25) is 0 Å². The maximum Gasteiger partial charge on any atom is 0.421 e. The third kappa shape index (κ3) is 7.21. The Morgan fingerprint density at radius 1 is 0.972 bits per heavy atom. The van der Waals surface area contributed by atoms with Crippen LogP contribution in [0, 0.1) is 0 Å². The molecule has 0 spiro atoms. The Bertz CT molecular complexity index is 1460. The minimum Gasteiger partial charge on any atom is -0.365 e. The van der Waals surface area contributed by atoms with Crippen molar-refractivity contribution < 1.29 is 30.0 Å². The molecule has 0 bridgehead atoms. The summed E-state index contributed by atoms with van der Waals surface area (Å²) >= 11 is 0. The Morgan fingerprint density at radius 3 is 2.28 bits per heavy atom. The van der Waals surface area contributed by atoms with E-state index in [4.69, 9.17) is 0 Å². The topological polar surface area (TPSA) is 133 Å². The molecule has 10 nitrogen and oxygen atoms in total. The predicted octanol–water partition coefficient (Wildman–Crippen LogP) is 3.62. The zero-order valence-electron chi connectivity index (χ0n) is 19.3. The summed E-state index contributed by atoms with van der Waals surface area (Å²) in [6, 6.07) is 12.4. The standard InChI is InChI=1S/C21H23F3N6O4S2/c1-30(36(3,33)34)18-10-5-4-7-14(18)12-25-19-17(21(22,23)24)13-26-20(28-19)27-15-8-6-9-16(11-15)29-35(2,31)32/h4-11,13,29H,12H2,1-3H3,(H2,25,26,27,28). The third-order valence-electron chi connectivity index (χ3n) is 4.79. The highest BCUT2D eigenvalue weighted by Gasteiger charge is 2.35. The average molecular weight is 545 g/mol. The van der Waals surface area contributed by atoms with E-state index in [-0.39, 0.29) is 18.2 Å². The SMILES string of the molecule is CN(c1ccccc1CNc1nc(Nc2cccc(NS(C)(=O)=O)c2)ncc1C(F)(F)F)S(C)(=O)=O. The molecule has 0 amide bonds. The Balaban J connectivity index is 1.90. The van der Waals surface area contributed by atoms with E-state index in [0.717, 1.165) is 16.8 Å². The number of aromatic nitrogens is 2. The number of benzene rings is 2. The Morgan fingerprint density at radius 2 is 1.64 bits per heavy atom. The molecule has 0 saturated heterocycles. The minimum atomic E-state index is -4.76.